The van der Waals surface area contributed by atoms with Gasteiger partial charge in [-0.2, -0.15) is 0 Å². The highest BCUT2D eigenvalue weighted by Gasteiger charge is 2.38. The van der Waals surface area contributed by atoms with Gasteiger partial charge in [0.05, 0.1) is 19.3 Å². The van der Waals surface area contributed by atoms with Gasteiger partial charge in [0.2, 0.25) is 0 Å². The van der Waals surface area contributed by atoms with E-state index < -0.39 is 5.60 Å². The van der Waals surface area contributed by atoms with Crippen LogP contribution in [0.1, 0.15) is 52.2 Å². The van der Waals surface area contributed by atoms with Crippen molar-refractivity contribution in [3.05, 3.63) is 71.8 Å². The third-order valence-electron chi connectivity index (χ3n) is 5.83. The summed E-state index contributed by atoms with van der Waals surface area (Å²) in [6, 6.07) is 21.0. The summed E-state index contributed by atoms with van der Waals surface area (Å²) < 4.78 is 11.9. The van der Waals surface area contributed by atoms with Crippen LogP contribution < -0.4 is 0 Å². The minimum Gasteiger partial charge on any atom is -0.444 e. The van der Waals surface area contributed by atoms with Crippen molar-refractivity contribution in [3.63, 3.8) is 0 Å². The molecule has 0 saturated carbocycles. The maximum absolute atomic E-state index is 13.2. The Morgan fingerprint density at radius 1 is 0.939 bits per heavy atom. The van der Waals surface area contributed by atoms with E-state index in [0.717, 1.165) is 25.1 Å². The fraction of sp³-hybridized carbons (Fsp3) is 0.536. The van der Waals surface area contributed by atoms with Crippen LogP contribution in [-0.2, 0) is 22.6 Å². The minimum absolute atomic E-state index is 0.102. The van der Waals surface area contributed by atoms with Crippen LogP contribution in [0.25, 0.3) is 0 Å². The van der Waals surface area contributed by atoms with Crippen LogP contribution in [0.5, 0.6) is 0 Å². The van der Waals surface area contributed by atoms with E-state index in [-0.39, 0.29) is 18.2 Å². The van der Waals surface area contributed by atoms with E-state index in [1.54, 1.807) is 0 Å². The lowest BCUT2D eigenvalue weighted by Gasteiger charge is -2.47. The molecule has 33 heavy (non-hydrogen) atoms. The highest BCUT2D eigenvalue weighted by molar-refractivity contribution is 5.69. The van der Waals surface area contributed by atoms with Crippen molar-refractivity contribution in [2.45, 2.75) is 71.9 Å². The molecular formula is C28H40N2O3. The van der Waals surface area contributed by atoms with Crippen LogP contribution in [0.15, 0.2) is 60.7 Å². The summed E-state index contributed by atoms with van der Waals surface area (Å²) in [5.74, 6) is 0.490. The van der Waals surface area contributed by atoms with Crippen molar-refractivity contribution in [2.24, 2.45) is 5.92 Å². The van der Waals surface area contributed by atoms with E-state index >= 15 is 0 Å². The lowest BCUT2D eigenvalue weighted by Crippen LogP contribution is -2.61. The molecule has 1 amide bonds. The molecule has 0 bridgehead atoms. The number of piperazine rings is 1. The monoisotopic (exact) mass is 452 g/mol. The van der Waals surface area contributed by atoms with Gasteiger partial charge in [-0.15, -0.1) is 0 Å². The second-order valence-corrected chi connectivity index (χ2v) is 10.5. The molecule has 2 atom stereocenters. The number of nitrogens with zero attached hydrogens (tertiary/aromatic N) is 2. The average molecular weight is 453 g/mol. The van der Waals surface area contributed by atoms with Crippen molar-refractivity contribution in [2.75, 3.05) is 19.7 Å². The Bertz CT molecular complexity index is 848. The van der Waals surface area contributed by atoms with Crippen LogP contribution >= 0.6 is 0 Å². The van der Waals surface area contributed by atoms with Gasteiger partial charge in [-0.3, -0.25) is 4.90 Å². The van der Waals surface area contributed by atoms with Crippen LogP contribution in [-0.4, -0.2) is 53.3 Å². The molecule has 2 aromatic rings. The fourth-order valence-corrected chi connectivity index (χ4v) is 4.36. The van der Waals surface area contributed by atoms with Crippen LogP contribution in [0, 0.1) is 5.92 Å². The number of rotatable bonds is 8. The molecule has 1 heterocycles. The van der Waals surface area contributed by atoms with Crippen molar-refractivity contribution < 1.29 is 14.3 Å². The number of ether oxygens (including phenoxy) is 2. The van der Waals surface area contributed by atoms with Gasteiger partial charge in [-0.25, -0.2) is 4.79 Å². The molecule has 0 spiro atoms. The number of hydrogen-bond donors (Lipinski definition) is 0. The lowest BCUT2D eigenvalue weighted by atomic mass is 9.97. The smallest absolute Gasteiger partial charge is 0.410 e. The molecule has 3 rings (SSSR count). The first-order chi connectivity index (χ1) is 15.7. The van der Waals surface area contributed by atoms with Crippen molar-refractivity contribution in [1.29, 1.82) is 0 Å². The number of carbonyl (C=O) groups is 1. The molecule has 0 unspecified atom stereocenters. The molecule has 0 radical (unpaired) electrons. The Hall–Kier alpha value is -2.37. The Morgan fingerprint density at radius 3 is 2.12 bits per heavy atom. The maximum Gasteiger partial charge on any atom is 0.410 e. The predicted molar refractivity (Wildman–Crippen MR) is 133 cm³/mol. The van der Waals surface area contributed by atoms with E-state index in [2.05, 4.69) is 55.1 Å². The number of hydrogen-bond acceptors (Lipinski definition) is 4. The number of benzene rings is 2. The molecule has 5 heteroatoms. The second kappa shape index (κ2) is 11.7. The molecule has 1 aliphatic heterocycles. The first-order valence-corrected chi connectivity index (χ1v) is 12.1. The second-order valence-electron chi connectivity index (χ2n) is 10.5. The summed E-state index contributed by atoms with van der Waals surface area (Å²) >= 11 is 0. The Morgan fingerprint density at radius 2 is 1.55 bits per heavy atom. The molecule has 0 N–H and O–H groups in total. The topological polar surface area (TPSA) is 42.0 Å². The van der Waals surface area contributed by atoms with E-state index in [9.17, 15) is 4.79 Å². The highest BCUT2D eigenvalue weighted by Crippen LogP contribution is 2.25. The Balaban J connectivity index is 1.76. The van der Waals surface area contributed by atoms with Gasteiger partial charge in [-0.05, 0) is 44.2 Å². The molecular weight excluding hydrogens is 412 g/mol. The normalized spacial score (nSPS) is 19.6. The number of amides is 1. The van der Waals surface area contributed by atoms with E-state index in [1.807, 2.05) is 49.9 Å². The third kappa shape index (κ3) is 8.17. The van der Waals surface area contributed by atoms with Crippen molar-refractivity contribution in [3.8, 4) is 0 Å². The first kappa shape index (κ1) is 25.3. The summed E-state index contributed by atoms with van der Waals surface area (Å²) in [7, 11) is 0. The van der Waals surface area contributed by atoms with Gasteiger partial charge < -0.3 is 14.4 Å². The molecule has 1 fully saturated rings. The molecule has 1 aliphatic rings. The first-order valence-electron chi connectivity index (χ1n) is 12.1. The Labute approximate surface area is 199 Å². The summed E-state index contributed by atoms with van der Waals surface area (Å²) in [5, 5.41) is 0. The standard InChI is InChI=1S/C28H40N2O3/c1-22(2)16-25-18-29(17-23-12-8-6-9-13-23)26(19-30(25)27(31)33-28(3,4)5)21-32-20-24-14-10-7-11-15-24/h6-15,22,25-26H,16-21H2,1-5H3/t25-,26-/m1/s1. The predicted octanol–water partition coefficient (Wildman–Crippen LogP) is 5.74. The molecule has 5 nitrogen and oxygen atoms in total. The zero-order valence-corrected chi connectivity index (χ0v) is 20.9. The molecule has 1 saturated heterocycles. The van der Waals surface area contributed by atoms with Crippen LogP contribution in [0.3, 0.4) is 0 Å². The zero-order chi connectivity index (χ0) is 23.8. The molecule has 0 aliphatic carbocycles. The van der Waals surface area contributed by atoms with Crippen LogP contribution in [0.2, 0.25) is 0 Å². The van der Waals surface area contributed by atoms with Gasteiger partial charge in [0.25, 0.3) is 0 Å². The van der Waals surface area contributed by atoms with E-state index in [4.69, 9.17) is 9.47 Å². The maximum atomic E-state index is 13.2. The largest absolute Gasteiger partial charge is 0.444 e. The molecule has 2 aromatic carbocycles. The van der Waals surface area contributed by atoms with Gasteiger partial charge in [-0.1, -0.05) is 74.5 Å². The fourth-order valence-electron chi connectivity index (χ4n) is 4.36. The van der Waals surface area contributed by atoms with E-state index in [1.165, 1.54) is 5.56 Å². The third-order valence-corrected chi connectivity index (χ3v) is 5.83. The average Bonchev–Trinajstić information content (AvgIpc) is 2.75. The summed E-state index contributed by atoms with van der Waals surface area (Å²) in [4.78, 5) is 17.6. The minimum atomic E-state index is -0.514. The molecule has 180 valence electrons. The summed E-state index contributed by atoms with van der Waals surface area (Å²) in [5.41, 5.74) is 1.92. The van der Waals surface area contributed by atoms with Gasteiger partial charge in [0.1, 0.15) is 5.60 Å². The van der Waals surface area contributed by atoms with Crippen molar-refractivity contribution >= 4 is 6.09 Å². The lowest BCUT2D eigenvalue weighted by molar-refractivity contribution is -0.0426. The summed E-state index contributed by atoms with van der Waals surface area (Å²) in [6.45, 7) is 13.6. The van der Waals surface area contributed by atoms with Gasteiger partial charge in [0.15, 0.2) is 0 Å². The SMILES string of the molecule is CC(C)C[C@@H]1CN(Cc2ccccc2)[C@@H](COCc2ccccc2)CN1C(=O)OC(C)(C)C. The number of carbonyl (C=O) groups excluding carboxylic acids is 1. The van der Waals surface area contributed by atoms with E-state index in [0.29, 0.717) is 25.7 Å². The highest BCUT2D eigenvalue weighted by atomic mass is 16.6. The van der Waals surface area contributed by atoms with Crippen molar-refractivity contribution in [1.82, 2.24) is 9.80 Å². The quantitative estimate of drug-likeness (QED) is 0.512. The molecule has 0 aromatic heterocycles. The summed E-state index contributed by atoms with van der Waals surface area (Å²) in [6.07, 6.45) is 0.725. The van der Waals surface area contributed by atoms with Gasteiger partial charge >= 0.3 is 6.09 Å². The zero-order valence-electron chi connectivity index (χ0n) is 20.9. The Kier molecular flexibility index (Phi) is 8.93. The van der Waals surface area contributed by atoms with Gasteiger partial charge in [0, 0.05) is 25.7 Å². The van der Waals surface area contributed by atoms with Crippen LogP contribution in [0.4, 0.5) is 4.79 Å².